The van der Waals surface area contributed by atoms with E-state index in [1.165, 1.54) is 0 Å². The Balaban J connectivity index is 2.06. The molecule has 22 heavy (non-hydrogen) atoms. The SMILES string of the molecule is COCC1(C(=O)Nc2cccc(OCCF)c2)CCNCC1. The fourth-order valence-electron chi connectivity index (χ4n) is 2.70. The molecule has 1 aliphatic rings. The molecule has 0 saturated carbocycles. The number of rotatable bonds is 7. The molecule has 0 atom stereocenters. The van der Waals surface area contributed by atoms with E-state index in [0.717, 1.165) is 25.9 Å². The molecule has 0 radical (unpaired) electrons. The third kappa shape index (κ3) is 4.18. The molecule has 1 fully saturated rings. The van der Waals surface area contributed by atoms with E-state index in [1.807, 2.05) is 0 Å². The quantitative estimate of drug-likeness (QED) is 0.808. The van der Waals surface area contributed by atoms with Gasteiger partial charge < -0.3 is 20.1 Å². The lowest BCUT2D eigenvalue weighted by Crippen LogP contribution is -2.47. The maximum Gasteiger partial charge on any atom is 0.233 e. The van der Waals surface area contributed by atoms with Gasteiger partial charge in [-0.15, -0.1) is 0 Å². The molecule has 0 aromatic heterocycles. The van der Waals surface area contributed by atoms with E-state index < -0.39 is 12.1 Å². The van der Waals surface area contributed by atoms with Crippen LogP contribution in [0.15, 0.2) is 24.3 Å². The maximum atomic E-state index is 12.7. The number of halogens is 1. The second kappa shape index (κ2) is 8.10. The molecule has 122 valence electrons. The van der Waals surface area contributed by atoms with Crippen molar-refractivity contribution < 1.29 is 18.7 Å². The number of benzene rings is 1. The summed E-state index contributed by atoms with van der Waals surface area (Å²) >= 11 is 0. The number of alkyl halides is 1. The molecular formula is C16H23FN2O3. The lowest BCUT2D eigenvalue weighted by Gasteiger charge is -2.35. The van der Waals surface area contributed by atoms with E-state index >= 15 is 0 Å². The molecule has 1 aromatic carbocycles. The van der Waals surface area contributed by atoms with Gasteiger partial charge in [-0.25, -0.2) is 4.39 Å². The van der Waals surface area contributed by atoms with Crippen molar-refractivity contribution in [2.24, 2.45) is 5.41 Å². The van der Waals surface area contributed by atoms with Gasteiger partial charge in [0, 0.05) is 18.9 Å². The highest BCUT2D eigenvalue weighted by molar-refractivity contribution is 5.95. The first-order valence-corrected chi connectivity index (χ1v) is 7.50. The lowest BCUT2D eigenvalue weighted by atomic mass is 9.78. The second-order valence-corrected chi connectivity index (χ2v) is 5.48. The highest BCUT2D eigenvalue weighted by Gasteiger charge is 2.39. The Morgan fingerprint density at radius 1 is 1.41 bits per heavy atom. The van der Waals surface area contributed by atoms with E-state index in [1.54, 1.807) is 31.4 Å². The van der Waals surface area contributed by atoms with Crippen molar-refractivity contribution in [1.29, 1.82) is 0 Å². The zero-order valence-corrected chi connectivity index (χ0v) is 12.9. The zero-order chi connectivity index (χ0) is 15.8. The van der Waals surface area contributed by atoms with Gasteiger partial charge in [0.2, 0.25) is 5.91 Å². The molecule has 1 aromatic rings. The van der Waals surface area contributed by atoms with Crippen LogP contribution in [0, 0.1) is 5.41 Å². The molecule has 0 unspecified atom stereocenters. The van der Waals surface area contributed by atoms with Gasteiger partial charge >= 0.3 is 0 Å². The van der Waals surface area contributed by atoms with Crippen LogP contribution in [-0.2, 0) is 9.53 Å². The lowest BCUT2D eigenvalue weighted by molar-refractivity contribution is -0.130. The van der Waals surface area contributed by atoms with Crippen molar-refractivity contribution in [1.82, 2.24) is 5.32 Å². The van der Waals surface area contributed by atoms with Gasteiger partial charge in [-0.1, -0.05) is 6.07 Å². The largest absolute Gasteiger partial charge is 0.491 e. The number of amides is 1. The minimum absolute atomic E-state index is 0.0106. The summed E-state index contributed by atoms with van der Waals surface area (Å²) < 4.78 is 22.7. The predicted octanol–water partition coefficient (Wildman–Crippen LogP) is 1.99. The minimum Gasteiger partial charge on any atom is -0.491 e. The van der Waals surface area contributed by atoms with Crippen molar-refractivity contribution in [3.8, 4) is 5.75 Å². The Morgan fingerprint density at radius 2 is 2.18 bits per heavy atom. The number of carbonyl (C=O) groups is 1. The van der Waals surface area contributed by atoms with Gasteiger partial charge in [0.1, 0.15) is 19.0 Å². The molecule has 1 aliphatic heterocycles. The van der Waals surface area contributed by atoms with Crippen LogP contribution < -0.4 is 15.4 Å². The van der Waals surface area contributed by atoms with Crippen molar-refractivity contribution >= 4 is 11.6 Å². The van der Waals surface area contributed by atoms with Crippen molar-refractivity contribution in [2.45, 2.75) is 12.8 Å². The summed E-state index contributed by atoms with van der Waals surface area (Å²) in [6.07, 6.45) is 1.48. The molecule has 1 heterocycles. The molecule has 6 heteroatoms. The number of piperidine rings is 1. The van der Waals surface area contributed by atoms with Gasteiger partial charge in [-0.2, -0.15) is 0 Å². The summed E-state index contributed by atoms with van der Waals surface area (Å²) in [5, 5.41) is 6.19. The van der Waals surface area contributed by atoms with Crippen molar-refractivity contribution in [2.75, 3.05) is 45.4 Å². The number of ether oxygens (including phenoxy) is 2. The topological polar surface area (TPSA) is 59.6 Å². The first-order valence-electron chi connectivity index (χ1n) is 7.50. The van der Waals surface area contributed by atoms with Gasteiger partial charge in [0.15, 0.2) is 0 Å². The Hall–Kier alpha value is -1.66. The van der Waals surface area contributed by atoms with Crippen LogP contribution in [0.2, 0.25) is 0 Å². The molecule has 2 rings (SSSR count). The van der Waals surface area contributed by atoms with Crippen molar-refractivity contribution in [3.05, 3.63) is 24.3 Å². The molecule has 0 aliphatic carbocycles. The normalized spacial score (nSPS) is 17.0. The fourth-order valence-corrected chi connectivity index (χ4v) is 2.70. The summed E-state index contributed by atoms with van der Waals surface area (Å²) in [5.41, 5.74) is 0.144. The van der Waals surface area contributed by atoms with E-state index in [-0.39, 0.29) is 12.5 Å². The summed E-state index contributed by atoms with van der Waals surface area (Å²) in [7, 11) is 1.61. The summed E-state index contributed by atoms with van der Waals surface area (Å²) in [5.74, 6) is 0.500. The third-order valence-electron chi connectivity index (χ3n) is 3.90. The van der Waals surface area contributed by atoms with Gasteiger partial charge in [-0.3, -0.25) is 4.79 Å². The van der Waals surface area contributed by atoms with Crippen LogP contribution in [-0.4, -0.2) is 46.0 Å². The van der Waals surface area contributed by atoms with Crippen LogP contribution in [0.3, 0.4) is 0 Å². The van der Waals surface area contributed by atoms with Crippen LogP contribution in [0.25, 0.3) is 0 Å². The smallest absolute Gasteiger partial charge is 0.233 e. The first kappa shape index (κ1) is 16.7. The number of anilines is 1. The number of methoxy groups -OCH3 is 1. The van der Waals surface area contributed by atoms with E-state index in [0.29, 0.717) is 18.0 Å². The molecule has 1 amide bonds. The Morgan fingerprint density at radius 3 is 2.86 bits per heavy atom. The van der Waals surface area contributed by atoms with E-state index in [4.69, 9.17) is 9.47 Å². The minimum atomic E-state index is -0.541. The van der Waals surface area contributed by atoms with Gasteiger partial charge in [0.05, 0.1) is 12.0 Å². The average Bonchev–Trinajstić information content (AvgIpc) is 2.54. The highest BCUT2D eigenvalue weighted by Crippen LogP contribution is 2.31. The number of hydrogen-bond donors (Lipinski definition) is 2. The average molecular weight is 310 g/mol. The summed E-state index contributed by atoms with van der Waals surface area (Å²) in [4.78, 5) is 12.7. The van der Waals surface area contributed by atoms with Crippen LogP contribution >= 0.6 is 0 Å². The zero-order valence-electron chi connectivity index (χ0n) is 12.9. The molecule has 0 spiro atoms. The van der Waals surface area contributed by atoms with Gasteiger partial charge in [0.25, 0.3) is 0 Å². The molecule has 2 N–H and O–H groups in total. The van der Waals surface area contributed by atoms with E-state index in [9.17, 15) is 9.18 Å². The first-order chi connectivity index (χ1) is 10.7. The standard InChI is InChI=1S/C16H23FN2O3/c1-21-12-16(5-8-18-9-6-16)15(20)19-13-3-2-4-14(11-13)22-10-7-17/h2-4,11,18H,5-10,12H2,1H3,(H,19,20). The Kier molecular flexibility index (Phi) is 6.15. The van der Waals surface area contributed by atoms with Crippen LogP contribution in [0.1, 0.15) is 12.8 Å². The van der Waals surface area contributed by atoms with Crippen LogP contribution in [0.4, 0.5) is 10.1 Å². The third-order valence-corrected chi connectivity index (χ3v) is 3.90. The molecule has 5 nitrogen and oxygen atoms in total. The Bertz CT molecular complexity index is 485. The Labute approximate surface area is 130 Å². The molecular weight excluding hydrogens is 287 g/mol. The summed E-state index contributed by atoms with van der Waals surface area (Å²) in [6, 6.07) is 7.01. The number of carbonyl (C=O) groups excluding carboxylic acids is 1. The maximum absolute atomic E-state index is 12.7. The number of nitrogens with one attached hydrogen (secondary N) is 2. The fraction of sp³-hybridized carbons (Fsp3) is 0.562. The predicted molar refractivity (Wildman–Crippen MR) is 83.0 cm³/mol. The van der Waals surface area contributed by atoms with Gasteiger partial charge in [-0.05, 0) is 38.1 Å². The summed E-state index contributed by atoms with van der Waals surface area (Å²) in [6.45, 7) is 1.47. The monoisotopic (exact) mass is 310 g/mol. The van der Waals surface area contributed by atoms with Crippen LogP contribution in [0.5, 0.6) is 5.75 Å². The molecule has 0 bridgehead atoms. The molecule has 1 saturated heterocycles. The number of hydrogen-bond acceptors (Lipinski definition) is 4. The highest BCUT2D eigenvalue weighted by atomic mass is 19.1. The van der Waals surface area contributed by atoms with Crippen molar-refractivity contribution in [3.63, 3.8) is 0 Å². The second-order valence-electron chi connectivity index (χ2n) is 5.48. The van der Waals surface area contributed by atoms with E-state index in [2.05, 4.69) is 10.6 Å².